The maximum atomic E-state index is 5.96. The number of aromatic nitrogens is 3. The molecular formula is C12H14BrClN4. The zero-order valence-electron chi connectivity index (χ0n) is 10.2. The highest BCUT2D eigenvalue weighted by Crippen LogP contribution is 2.24. The van der Waals surface area contributed by atoms with Crippen molar-refractivity contribution in [3.63, 3.8) is 0 Å². The maximum absolute atomic E-state index is 5.96. The largest absolute Gasteiger partial charge is 0.309 e. The van der Waals surface area contributed by atoms with Gasteiger partial charge in [-0.1, -0.05) is 30.7 Å². The lowest BCUT2D eigenvalue weighted by Crippen LogP contribution is -2.21. The molecule has 0 spiro atoms. The van der Waals surface area contributed by atoms with E-state index in [0.29, 0.717) is 17.6 Å². The number of nitrogens with zero attached hydrogens (tertiary/aromatic N) is 3. The van der Waals surface area contributed by atoms with E-state index in [1.807, 2.05) is 24.4 Å². The van der Waals surface area contributed by atoms with Crippen molar-refractivity contribution in [2.45, 2.75) is 26.4 Å². The average Bonchev–Trinajstić information content (AvgIpc) is 2.79. The first-order valence-corrected chi connectivity index (χ1v) is 6.83. The van der Waals surface area contributed by atoms with Gasteiger partial charge in [0.2, 0.25) is 0 Å². The second-order valence-corrected chi connectivity index (χ2v) is 5.55. The third-order valence-corrected chi connectivity index (χ3v) is 3.61. The highest BCUT2D eigenvalue weighted by molar-refractivity contribution is 9.10. The van der Waals surface area contributed by atoms with E-state index in [0.717, 1.165) is 15.9 Å². The van der Waals surface area contributed by atoms with Crippen LogP contribution in [0.3, 0.4) is 0 Å². The Morgan fingerprint density at radius 3 is 2.89 bits per heavy atom. The van der Waals surface area contributed by atoms with Gasteiger partial charge >= 0.3 is 0 Å². The van der Waals surface area contributed by atoms with Crippen LogP contribution in [0.2, 0.25) is 5.02 Å². The molecule has 0 atom stereocenters. The third-order valence-electron chi connectivity index (χ3n) is 2.40. The Morgan fingerprint density at radius 2 is 2.22 bits per heavy atom. The van der Waals surface area contributed by atoms with Crippen LogP contribution in [0.1, 0.15) is 19.5 Å². The summed E-state index contributed by atoms with van der Waals surface area (Å²) in [4.78, 5) is 0. The van der Waals surface area contributed by atoms with Gasteiger partial charge in [-0.15, -0.1) is 5.10 Å². The molecule has 0 saturated carbocycles. The van der Waals surface area contributed by atoms with Gasteiger partial charge in [-0.25, -0.2) is 4.68 Å². The fraction of sp³-hybridized carbons (Fsp3) is 0.333. The zero-order valence-corrected chi connectivity index (χ0v) is 12.5. The number of hydrogen-bond acceptors (Lipinski definition) is 3. The Bertz CT molecular complexity index is 539. The zero-order chi connectivity index (χ0) is 13.1. The molecule has 0 saturated heterocycles. The molecule has 2 aromatic rings. The van der Waals surface area contributed by atoms with Crippen LogP contribution in [0.25, 0.3) is 5.69 Å². The average molecular weight is 330 g/mol. The summed E-state index contributed by atoms with van der Waals surface area (Å²) < 4.78 is 2.58. The monoisotopic (exact) mass is 328 g/mol. The standard InChI is InChI=1S/C12H14BrClN4/c1-8(2)15-6-9-7-18(17-16-9)10-3-4-12(14)11(13)5-10/h3-5,7-8,15H,6H2,1-2H3. The molecule has 2 rings (SSSR count). The number of benzene rings is 1. The third kappa shape index (κ3) is 3.31. The van der Waals surface area contributed by atoms with Crippen molar-refractivity contribution in [3.05, 3.63) is 39.6 Å². The van der Waals surface area contributed by atoms with Crippen LogP contribution in [-0.4, -0.2) is 21.0 Å². The fourth-order valence-corrected chi connectivity index (χ4v) is 1.93. The van der Waals surface area contributed by atoms with Crippen LogP contribution < -0.4 is 5.32 Å². The van der Waals surface area contributed by atoms with Crippen LogP contribution >= 0.6 is 27.5 Å². The molecule has 1 N–H and O–H groups in total. The minimum atomic E-state index is 0.430. The summed E-state index contributed by atoms with van der Waals surface area (Å²) in [5.74, 6) is 0. The van der Waals surface area contributed by atoms with Gasteiger partial charge in [0.25, 0.3) is 0 Å². The Hall–Kier alpha value is -0.910. The van der Waals surface area contributed by atoms with Gasteiger partial charge in [0.15, 0.2) is 0 Å². The molecule has 0 aliphatic heterocycles. The number of nitrogens with one attached hydrogen (secondary N) is 1. The van der Waals surface area contributed by atoms with E-state index in [1.54, 1.807) is 4.68 Å². The predicted molar refractivity (Wildman–Crippen MR) is 76.0 cm³/mol. The first-order chi connectivity index (χ1) is 8.56. The van der Waals surface area contributed by atoms with Crippen molar-refractivity contribution in [2.75, 3.05) is 0 Å². The first kappa shape index (κ1) is 13.5. The molecule has 0 aliphatic rings. The Morgan fingerprint density at radius 1 is 1.44 bits per heavy atom. The number of hydrogen-bond donors (Lipinski definition) is 1. The summed E-state index contributed by atoms with van der Waals surface area (Å²) in [5, 5.41) is 12.2. The van der Waals surface area contributed by atoms with Gasteiger partial charge < -0.3 is 5.32 Å². The second kappa shape index (κ2) is 5.82. The van der Waals surface area contributed by atoms with Crippen LogP contribution in [-0.2, 0) is 6.54 Å². The summed E-state index contributed by atoms with van der Waals surface area (Å²) in [6.45, 7) is 4.91. The Kier molecular flexibility index (Phi) is 4.37. The molecule has 1 aromatic heterocycles. The van der Waals surface area contributed by atoms with Crippen LogP contribution in [0, 0.1) is 0 Å². The van der Waals surface area contributed by atoms with Crippen LogP contribution in [0.4, 0.5) is 0 Å². The summed E-state index contributed by atoms with van der Waals surface area (Å²) in [5.41, 5.74) is 1.84. The van der Waals surface area contributed by atoms with Crippen molar-refractivity contribution in [1.29, 1.82) is 0 Å². The van der Waals surface area contributed by atoms with E-state index in [2.05, 4.69) is 45.4 Å². The summed E-state index contributed by atoms with van der Waals surface area (Å²) in [6, 6.07) is 6.08. The summed E-state index contributed by atoms with van der Waals surface area (Å²) >= 11 is 9.35. The maximum Gasteiger partial charge on any atom is 0.0969 e. The molecule has 0 amide bonds. The van der Waals surface area contributed by atoms with Crippen LogP contribution in [0.5, 0.6) is 0 Å². The van der Waals surface area contributed by atoms with Crippen LogP contribution in [0.15, 0.2) is 28.9 Å². The molecule has 0 aliphatic carbocycles. The SMILES string of the molecule is CC(C)NCc1cn(-c2ccc(Cl)c(Br)c2)nn1. The highest BCUT2D eigenvalue weighted by Gasteiger charge is 2.05. The van der Waals surface area contributed by atoms with Crippen molar-refractivity contribution >= 4 is 27.5 Å². The van der Waals surface area contributed by atoms with Crippen molar-refractivity contribution in [1.82, 2.24) is 20.3 Å². The van der Waals surface area contributed by atoms with Gasteiger partial charge in [0, 0.05) is 17.1 Å². The molecule has 1 aromatic carbocycles. The fourth-order valence-electron chi connectivity index (χ4n) is 1.44. The molecular weight excluding hydrogens is 316 g/mol. The molecule has 0 bridgehead atoms. The second-order valence-electron chi connectivity index (χ2n) is 4.29. The molecule has 0 unspecified atom stereocenters. The van der Waals surface area contributed by atoms with E-state index < -0.39 is 0 Å². The Labute approximate surface area is 119 Å². The number of halogens is 2. The van der Waals surface area contributed by atoms with E-state index in [4.69, 9.17) is 11.6 Å². The minimum absolute atomic E-state index is 0.430. The molecule has 96 valence electrons. The summed E-state index contributed by atoms with van der Waals surface area (Å²) in [6.07, 6.45) is 1.91. The highest BCUT2D eigenvalue weighted by atomic mass is 79.9. The van der Waals surface area contributed by atoms with Gasteiger partial charge in [-0.05, 0) is 34.1 Å². The van der Waals surface area contributed by atoms with Gasteiger partial charge in [0.05, 0.1) is 22.6 Å². The van der Waals surface area contributed by atoms with Crippen molar-refractivity contribution in [3.8, 4) is 5.69 Å². The lowest BCUT2D eigenvalue weighted by atomic mass is 10.3. The lowest BCUT2D eigenvalue weighted by molar-refractivity contribution is 0.580. The minimum Gasteiger partial charge on any atom is -0.309 e. The van der Waals surface area contributed by atoms with Gasteiger partial charge in [-0.2, -0.15) is 0 Å². The van der Waals surface area contributed by atoms with E-state index >= 15 is 0 Å². The lowest BCUT2D eigenvalue weighted by Gasteiger charge is -2.04. The molecule has 1 heterocycles. The van der Waals surface area contributed by atoms with Gasteiger partial charge in [0.1, 0.15) is 0 Å². The molecule has 18 heavy (non-hydrogen) atoms. The number of rotatable bonds is 4. The van der Waals surface area contributed by atoms with E-state index in [1.165, 1.54) is 0 Å². The summed E-state index contributed by atoms with van der Waals surface area (Å²) in [7, 11) is 0. The van der Waals surface area contributed by atoms with Crippen molar-refractivity contribution in [2.24, 2.45) is 0 Å². The quantitative estimate of drug-likeness (QED) is 0.937. The van der Waals surface area contributed by atoms with Gasteiger partial charge in [-0.3, -0.25) is 0 Å². The van der Waals surface area contributed by atoms with E-state index in [-0.39, 0.29) is 0 Å². The molecule has 6 heteroatoms. The smallest absolute Gasteiger partial charge is 0.0969 e. The first-order valence-electron chi connectivity index (χ1n) is 5.66. The normalized spacial score (nSPS) is 11.2. The molecule has 0 radical (unpaired) electrons. The Balaban J connectivity index is 2.16. The van der Waals surface area contributed by atoms with Crippen molar-refractivity contribution < 1.29 is 0 Å². The van der Waals surface area contributed by atoms with E-state index in [9.17, 15) is 0 Å². The predicted octanol–water partition coefficient (Wildman–Crippen LogP) is 3.18. The topological polar surface area (TPSA) is 42.7 Å². The molecule has 0 fully saturated rings. The molecule has 4 nitrogen and oxygen atoms in total.